The third kappa shape index (κ3) is 9.49. The highest BCUT2D eigenvalue weighted by Crippen LogP contribution is 2.32. The van der Waals surface area contributed by atoms with Crippen LogP contribution in [0.2, 0.25) is 0 Å². The largest absolute Gasteiger partial charge is 0.489 e. The van der Waals surface area contributed by atoms with Gasteiger partial charge in [0.15, 0.2) is 0 Å². The minimum absolute atomic E-state index is 0.0630. The van der Waals surface area contributed by atoms with E-state index in [0.29, 0.717) is 55.6 Å². The molecule has 4 aromatic rings. The molecule has 1 aliphatic rings. The molecule has 0 aliphatic carbocycles. The van der Waals surface area contributed by atoms with Crippen molar-refractivity contribution in [2.45, 2.75) is 53.2 Å². The van der Waals surface area contributed by atoms with Crippen LogP contribution in [0.1, 0.15) is 56.0 Å². The Morgan fingerprint density at radius 3 is 2.37 bits per heavy atom. The van der Waals surface area contributed by atoms with Gasteiger partial charge in [0.1, 0.15) is 24.0 Å². The van der Waals surface area contributed by atoms with E-state index in [2.05, 4.69) is 23.7 Å². The van der Waals surface area contributed by atoms with Crippen molar-refractivity contribution in [2.24, 2.45) is 0 Å². The number of benzene rings is 3. The van der Waals surface area contributed by atoms with Crippen molar-refractivity contribution < 1.29 is 36.9 Å². The molecule has 1 N–H and O–H groups in total. The summed E-state index contributed by atoms with van der Waals surface area (Å²) in [6, 6.07) is 14.7. The number of carbonyl (C=O) groups is 1. The number of aromatic nitrogens is 2. The number of aryl methyl sites for hydroxylation is 1. The zero-order valence-electron chi connectivity index (χ0n) is 28.9. The Labute approximate surface area is 288 Å². The van der Waals surface area contributed by atoms with Crippen molar-refractivity contribution in [1.82, 2.24) is 9.55 Å². The Morgan fingerprint density at radius 2 is 1.76 bits per heavy atom. The number of fused-ring (bicyclic) bond motifs is 1. The van der Waals surface area contributed by atoms with Gasteiger partial charge < -0.3 is 28.8 Å². The van der Waals surface area contributed by atoms with E-state index in [-0.39, 0.29) is 30.9 Å². The summed E-state index contributed by atoms with van der Waals surface area (Å²) in [6.45, 7) is 9.85. The molecule has 0 spiro atoms. The first-order valence-electron chi connectivity index (χ1n) is 16.6. The number of aromatic carboxylic acids is 1. The van der Waals surface area contributed by atoms with E-state index in [4.69, 9.17) is 14.2 Å². The second kappa shape index (κ2) is 17.5. The molecule has 0 saturated carbocycles. The van der Waals surface area contributed by atoms with Gasteiger partial charge in [-0.2, -0.15) is 0 Å². The lowest BCUT2D eigenvalue weighted by molar-refractivity contribution is 0.0697. The van der Waals surface area contributed by atoms with Gasteiger partial charge in [-0.05, 0) is 55.0 Å². The second-order valence-corrected chi connectivity index (χ2v) is 13.7. The van der Waals surface area contributed by atoms with E-state index in [9.17, 15) is 18.3 Å². The molecule has 266 valence electrons. The zero-order valence-corrected chi connectivity index (χ0v) is 29.8. The van der Waals surface area contributed by atoms with Crippen molar-refractivity contribution in [1.29, 1.82) is 0 Å². The number of nitrogens with zero attached hydrogens (tertiary/aromatic N) is 4. The summed E-state index contributed by atoms with van der Waals surface area (Å²) >= 11 is 0. The number of imidazole rings is 1. The highest BCUT2D eigenvalue weighted by Gasteiger charge is 2.22. The number of hydrogen-bond acceptors (Lipinski definition) is 8. The Morgan fingerprint density at radius 1 is 1.02 bits per heavy atom. The molecule has 0 bridgehead atoms. The van der Waals surface area contributed by atoms with E-state index in [1.165, 1.54) is 42.5 Å². The molecule has 0 radical (unpaired) electrons. The van der Waals surface area contributed by atoms with Gasteiger partial charge in [0.05, 0.1) is 60.5 Å². The smallest absolute Gasteiger partial charge is 0.335 e. The Hall–Kier alpha value is -4.20. The minimum Gasteiger partial charge on any atom is -0.489 e. The Kier molecular flexibility index (Phi) is 13.4. The van der Waals surface area contributed by atoms with E-state index < -0.39 is 21.8 Å². The summed E-state index contributed by atoms with van der Waals surface area (Å²) in [6.07, 6.45) is 4.56. The number of anilines is 2. The SMILES string of the molecule is CCCC.CCCn1c(-c2ccc(OCc3cc(N(CCOC)S(C)(=O)=O)ccc3N3CCOCC3)cc2F)nc2cc(C(=O)O)ccc21. The molecule has 1 aromatic heterocycles. The molecule has 13 heteroatoms. The summed E-state index contributed by atoms with van der Waals surface area (Å²) in [7, 11) is -2.07. The Bertz CT molecular complexity index is 1820. The van der Waals surface area contributed by atoms with Gasteiger partial charge >= 0.3 is 5.97 Å². The molecule has 49 heavy (non-hydrogen) atoms. The molecule has 5 rings (SSSR count). The second-order valence-electron chi connectivity index (χ2n) is 11.8. The average Bonchev–Trinajstić information content (AvgIpc) is 3.44. The molecule has 0 unspecified atom stereocenters. The van der Waals surface area contributed by atoms with Gasteiger partial charge in [-0.3, -0.25) is 4.31 Å². The first kappa shape index (κ1) is 37.6. The fraction of sp³-hybridized carbons (Fsp3) is 0.444. The number of rotatable bonds is 14. The fourth-order valence-corrected chi connectivity index (χ4v) is 6.37. The molecule has 3 aromatic carbocycles. The lowest BCUT2D eigenvalue weighted by Crippen LogP contribution is -2.37. The summed E-state index contributed by atoms with van der Waals surface area (Å²) < 4.78 is 60.8. The monoisotopic (exact) mass is 698 g/mol. The van der Waals surface area contributed by atoms with E-state index in [0.717, 1.165) is 29.4 Å². The van der Waals surface area contributed by atoms with Crippen LogP contribution in [0.3, 0.4) is 0 Å². The van der Waals surface area contributed by atoms with Crippen LogP contribution in [-0.2, 0) is 32.6 Å². The summed E-state index contributed by atoms with van der Waals surface area (Å²) in [5.74, 6) is -0.904. The molecule has 11 nitrogen and oxygen atoms in total. The minimum atomic E-state index is -3.58. The number of unbranched alkanes of at least 4 members (excludes halogenated alkanes) is 1. The normalized spacial score (nSPS) is 13.2. The number of sulfonamides is 1. The summed E-state index contributed by atoms with van der Waals surface area (Å²) in [4.78, 5) is 18.2. The zero-order chi connectivity index (χ0) is 35.6. The molecule has 0 atom stereocenters. The van der Waals surface area contributed by atoms with Crippen LogP contribution in [0.5, 0.6) is 5.75 Å². The molecule has 1 aliphatic heterocycles. The number of halogens is 1. The first-order chi connectivity index (χ1) is 23.5. The number of methoxy groups -OCH3 is 1. The van der Waals surface area contributed by atoms with Gasteiger partial charge in [0.2, 0.25) is 10.0 Å². The highest BCUT2D eigenvalue weighted by molar-refractivity contribution is 7.92. The molecular formula is C36H47FN4O7S. The van der Waals surface area contributed by atoms with Crippen LogP contribution in [0.4, 0.5) is 15.8 Å². The van der Waals surface area contributed by atoms with Crippen LogP contribution in [0.15, 0.2) is 54.6 Å². The summed E-state index contributed by atoms with van der Waals surface area (Å²) in [5, 5.41) is 9.40. The molecular weight excluding hydrogens is 651 g/mol. The average molecular weight is 699 g/mol. The van der Waals surface area contributed by atoms with E-state index in [1.54, 1.807) is 30.3 Å². The van der Waals surface area contributed by atoms with Crippen LogP contribution in [0, 0.1) is 5.82 Å². The van der Waals surface area contributed by atoms with Gasteiger partial charge in [0, 0.05) is 44.1 Å². The topological polar surface area (TPSA) is 123 Å². The molecule has 0 amide bonds. The van der Waals surface area contributed by atoms with Crippen LogP contribution in [-0.4, -0.2) is 81.9 Å². The number of ether oxygens (including phenoxy) is 3. The van der Waals surface area contributed by atoms with Crippen LogP contribution >= 0.6 is 0 Å². The number of hydrogen-bond donors (Lipinski definition) is 1. The fourth-order valence-electron chi connectivity index (χ4n) is 5.46. The molecule has 1 fully saturated rings. The maximum Gasteiger partial charge on any atom is 0.335 e. The number of morpholine rings is 1. The van der Waals surface area contributed by atoms with Crippen LogP contribution in [0.25, 0.3) is 22.4 Å². The van der Waals surface area contributed by atoms with Gasteiger partial charge in [-0.15, -0.1) is 0 Å². The Balaban J connectivity index is 0.00000128. The standard InChI is InChI=1S/C32H37FN4O7S.C4H10/c1-4-11-36-30-9-5-22(32(38)39)19-28(30)34-31(36)26-8-7-25(20-27(26)33)44-21-23-18-24(37(14-15-42-2)45(3,40)41)6-10-29(23)35-12-16-43-17-13-35;1-3-4-2/h5-10,18-20H,4,11-17,21H2,1-3H3,(H,38,39);3-4H2,1-2H3. The maximum absolute atomic E-state index is 15.7. The highest BCUT2D eigenvalue weighted by atomic mass is 32.2. The molecule has 1 saturated heterocycles. The lowest BCUT2D eigenvalue weighted by Gasteiger charge is -2.31. The van der Waals surface area contributed by atoms with Crippen molar-refractivity contribution in [3.63, 3.8) is 0 Å². The number of carboxylic acids is 1. The lowest BCUT2D eigenvalue weighted by atomic mass is 10.1. The van der Waals surface area contributed by atoms with E-state index >= 15 is 4.39 Å². The predicted octanol–water partition coefficient (Wildman–Crippen LogP) is 6.59. The number of carboxylic acid groups (broad SMARTS) is 1. The van der Waals surface area contributed by atoms with Crippen molar-refractivity contribution in [3.8, 4) is 17.1 Å². The maximum atomic E-state index is 15.7. The third-order valence-corrected chi connectivity index (χ3v) is 9.31. The van der Waals surface area contributed by atoms with Gasteiger partial charge in [-0.25, -0.2) is 22.6 Å². The van der Waals surface area contributed by atoms with Crippen LogP contribution < -0.4 is 13.9 Å². The van der Waals surface area contributed by atoms with Gasteiger partial charge in [0.25, 0.3) is 0 Å². The van der Waals surface area contributed by atoms with Crippen molar-refractivity contribution in [2.75, 3.05) is 62.0 Å². The summed E-state index contributed by atoms with van der Waals surface area (Å²) in [5.41, 5.74) is 3.67. The quantitative estimate of drug-likeness (QED) is 0.156. The van der Waals surface area contributed by atoms with E-state index in [1.807, 2.05) is 17.6 Å². The predicted molar refractivity (Wildman–Crippen MR) is 191 cm³/mol. The molecule has 2 heterocycles. The van der Waals surface area contributed by atoms with Crippen molar-refractivity contribution >= 4 is 38.4 Å². The third-order valence-electron chi connectivity index (χ3n) is 8.12. The van der Waals surface area contributed by atoms with Gasteiger partial charge in [-0.1, -0.05) is 33.6 Å². The first-order valence-corrected chi connectivity index (χ1v) is 18.5. The van der Waals surface area contributed by atoms with Crippen molar-refractivity contribution in [3.05, 3.63) is 71.5 Å².